The number of carbonyl (C=O) groups excluding carboxylic acids is 1. The Morgan fingerprint density at radius 1 is 1.27 bits per heavy atom. The molecular formula is C18H19N5O3. The number of carbonyl (C=O) groups is 1. The lowest BCUT2D eigenvalue weighted by atomic mass is 10.0. The van der Waals surface area contributed by atoms with Gasteiger partial charge in [0.05, 0.1) is 24.9 Å². The summed E-state index contributed by atoms with van der Waals surface area (Å²) in [5.74, 6) is 0.468. The molecule has 1 aliphatic heterocycles. The fourth-order valence-corrected chi connectivity index (χ4v) is 3.36. The van der Waals surface area contributed by atoms with Crippen molar-refractivity contribution in [3.05, 3.63) is 53.2 Å². The van der Waals surface area contributed by atoms with Crippen LogP contribution in [0.5, 0.6) is 0 Å². The molecule has 3 heterocycles. The van der Waals surface area contributed by atoms with Crippen molar-refractivity contribution in [3.8, 4) is 11.4 Å². The van der Waals surface area contributed by atoms with Gasteiger partial charge in [-0.05, 0) is 26.0 Å². The number of aromatic nitrogens is 4. The van der Waals surface area contributed by atoms with Crippen LogP contribution in [0.1, 0.15) is 33.4 Å². The van der Waals surface area contributed by atoms with Gasteiger partial charge in [0.25, 0.3) is 5.91 Å². The summed E-state index contributed by atoms with van der Waals surface area (Å²) in [6, 6.07) is 7.07. The number of benzene rings is 1. The van der Waals surface area contributed by atoms with Crippen molar-refractivity contribution >= 4 is 5.91 Å². The first kappa shape index (κ1) is 16.5. The molecule has 3 aromatic rings. The molecule has 26 heavy (non-hydrogen) atoms. The Balaban J connectivity index is 1.61. The third-order valence-electron chi connectivity index (χ3n) is 4.66. The smallest absolute Gasteiger partial charge is 0.254 e. The van der Waals surface area contributed by atoms with Gasteiger partial charge in [-0.25, -0.2) is 0 Å². The van der Waals surface area contributed by atoms with E-state index in [9.17, 15) is 4.79 Å². The highest BCUT2D eigenvalue weighted by Gasteiger charge is 2.32. The van der Waals surface area contributed by atoms with Gasteiger partial charge >= 0.3 is 0 Å². The van der Waals surface area contributed by atoms with Crippen molar-refractivity contribution in [1.29, 1.82) is 0 Å². The molecule has 0 saturated carbocycles. The van der Waals surface area contributed by atoms with Gasteiger partial charge in [-0.1, -0.05) is 17.3 Å². The summed E-state index contributed by atoms with van der Waals surface area (Å²) >= 11 is 0. The second-order valence-corrected chi connectivity index (χ2v) is 6.27. The van der Waals surface area contributed by atoms with Crippen molar-refractivity contribution < 1.29 is 14.1 Å². The van der Waals surface area contributed by atoms with Gasteiger partial charge in [-0.3, -0.25) is 9.89 Å². The lowest BCUT2D eigenvalue weighted by Crippen LogP contribution is -2.43. The Labute approximate surface area is 150 Å². The maximum atomic E-state index is 13.1. The largest absolute Gasteiger partial charge is 0.377 e. The second-order valence-electron chi connectivity index (χ2n) is 6.27. The van der Waals surface area contributed by atoms with Crippen LogP contribution in [0.3, 0.4) is 0 Å². The van der Waals surface area contributed by atoms with Crippen LogP contribution in [0.25, 0.3) is 11.4 Å². The van der Waals surface area contributed by atoms with E-state index in [4.69, 9.17) is 9.26 Å². The predicted molar refractivity (Wildman–Crippen MR) is 92.4 cm³/mol. The third kappa shape index (κ3) is 2.88. The van der Waals surface area contributed by atoms with Gasteiger partial charge in [-0.15, -0.1) is 0 Å². The normalized spacial score (nSPS) is 17.5. The number of amides is 1. The van der Waals surface area contributed by atoms with Crippen LogP contribution in [0.15, 0.2) is 35.2 Å². The van der Waals surface area contributed by atoms with Gasteiger partial charge in [-0.2, -0.15) is 10.1 Å². The molecule has 8 heteroatoms. The number of H-pyrrole nitrogens is 1. The van der Waals surface area contributed by atoms with Crippen LogP contribution in [0, 0.1) is 13.8 Å². The summed E-state index contributed by atoms with van der Waals surface area (Å²) in [4.78, 5) is 19.0. The van der Waals surface area contributed by atoms with E-state index in [0.717, 1.165) is 22.5 Å². The van der Waals surface area contributed by atoms with E-state index in [1.807, 2.05) is 30.9 Å². The van der Waals surface area contributed by atoms with Gasteiger partial charge in [0.15, 0.2) is 0 Å². The average molecular weight is 353 g/mol. The van der Waals surface area contributed by atoms with Gasteiger partial charge < -0.3 is 14.2 Å². The maximum absolute atomic E-state index is 13.1. The summed E-state index contributed by atoms with van der Waals surface area (Å²) in [5, 5.41) is 11.1. The molecule has 1 aromatic carbocycles. The predicted octanol–water partition coefficient (Wildman–Crippen LogP) is 2.29. The zero-order valence-corrected chi connectivity index (χ0v) is 14.6. The molecule has 8 nitrogen and oxygen atoms in total. The Morgan fingerprint density at radius 2 is 2.08 bits per heavy atom. The first-order valence-electron chi connectivity index (χ1n) is 8.42. The highest BCUT2D eigenvalue weighted by molar-refractivity contribution is 5.95. The summed E-state index contributed by atoms with van der Waals surface area (Å²) in [6.45, 7) is 5.44. The highest BCUT2D eigenvalue weighted by Crippen LogP contribution is 2.30. The molecule has 134 valence electrons. The number of hydrogen-bond donors (Lipinski definition) is 1. The van der Waals surface area contributed by atoms with Crippen LogP contribution in [-0.2, 0) is 4.74 Å². The van der Waals surface area contributed by atoms with Crippen LogP contribution in [-0.4, -0.2) is 50.9 Å². The fraction of sp³-hybridized carbons (Fsp3) is 0.333. The minimum Gasteiger partial charge on any atom is -0.377 e. The van der Waals surface area contributed by atoms with Crippen LogP contribution < -0.4 is 0 Å². The molecular weight excluding hydrogens is 334 g/mol. The lowest BCUT2D eigenvalue weighted by Gasteiger charge is -2.36. The van der Waals surface area contributed by atoms with E-state index in [-0.39, 0.29) is 11.9 Å². The number of aryl methyl sites for hydroxylation is 2. The molecule has 2 aromatic heterocycles. The Kier molecular flexibility index (Phi) is 4.26. The number of nitrogens with one attached hydrogen (secondary N) is 1. The molecule has 1 N–H and O–H groups in total. The van der Waals surface area contributed by atoms with Crippen LogP contribution in [0.2, 0.25) is 0 Å². The molecule has 4 rings (SSSR count). The number of nitrogens with zero attached hydrogens (tertiary/aromatic N) is 4. The van der Waals surface area contributed by atoms with Crippen molar-refractivity contribution in [3.63, 3.8) is 0 Å². The third-order valence-corrected chi connectivity index (χ3v) is 4.66. The van der Waals surface area contributed by atoms with Crippen molar-refractivity contribution in [2.45, 2.75) is 19.9 Å². The zero-order chi connectivity index (χ0) is 18.1. The number of rotatable bonds is 3. The highest BCUT2D eigenvalue weighted by atomic mass is 16.5. The molecule has 1 saturated heterocycles. The van der Waals surface area contributed by atoms with E-state index < -0.39 is 0 Å². The first-order chi connectivity index (χ1) is 12.6. The Bertz CT molecular complexity index is 882. The molecule has 0 spiro atoms. The van der Waals surface area contributed by atoms with Crippen molar-refractivity contribution in [2.75, 3.05) is 19.8 Å². The van der Waals surface area contributed by atoms with E-state index in [2.05, 4.69) is 20.3 Å². The first-order valence-corrected chi connectivity index (χ1v) is 8.42. The molecule has 1 aliphatic rings. The maximum Gasteiger partial charge on any atom is 0.254 e. The molecule has 1 atom stereocenters. The summed E-state index contributed by atoms with van der Waals surface area (Å²) < 4.78 is 10.4. The molecule has 1 unspecified atom stereocenters. The quantitative estimate of drug-likeness (QED) is 0.776. The average Bonchev–Trinajstić information content (AvgIpc) is 3.32. The molecule has 0 bridgehead atoms. The number of ether oxygens (including phenoxy) is 1. The SMILES string of the molecule is Cc1n[nH]c(C)c1C1COCCN1C(=O)c1ccc(-c2ncon2)cc1. The minimum atomic E-state index is -0.146. The zero-order valence-electron chi connectivity index (χ0n) is 14.6. The number of aromatic amines is 1. The van der Waals surface area contributed by atoms with Gasteiger partial charge in [0, 0.05) is 28.9 Å². The molecule has 1 amide bonds. The number of morpholine rings is 1. The summed E-state index contributed by atoms with van der Waals surface area (Å²) in [6.07, 6.45) is 1.28. The Morgan fingerprint density at radius 3 is 2.73 bits per heavy atom. The summed E-state index contributed by atoms with van der Waals surface area (Å²) in [7, 11) is 0. The van der Waals surface area contributed by atoms with E-state index >= 15 is 0 Å². The standard InChI is InChI=1S/C18H19N5O3/c1-11-16(12(2)21-20-11)15-9-25-8-7-23(15)18(24)14-5-3-13(4-6-14)17-19-10-26-22-17/h3-6,10,15H,7-9H2,1-2H3,(H,20,21). The monoisotopic (exact) mass is 353 g/mol. The second kappa shape index (κ2) is 6.72. The van der Waals surface area contributed by atoms with Gasteiger partial charge in [0.2, 0.25) is 12.2 Å². The van der Waals surface area contributed by atoms with E-state index in [0.29, 0.717) is 31.1 Å². The molecule has 1 fully saturated rings. The Hall–Kier alpha value is -3.00. The van der Waals surface area contributed by atoms with E-state index in [1.165, 1.54) is 6.39 Å². The number of hydrogen-bond acceptors (Lipinski definition) is 6. The van der Waals surface area contributed by atoms with Crippen molar-refractivity contribution in [1.82, 2.24) is 25.2 Å². The molecule has 0 radical (unpaired) electrons. The van der Waals surface area contributed by atoms with Crippen LogP contribution in [0.4, 0.5) is 0 Å². The van der Waals surface area contributed by atoms with Crippen LogP contribution >= 0.6 is 0 Å². The van der Waals surface area contributed by atoms with E-state index in [1.54, 1.807) is 12.1 Å². The van der Waals surface area contributed by atoms with Crippen molar-refractivity contribution in [2.24, 2.45) is 0 Å². The lowest BCUT2D eigenvalue weighted by molar-refractivity contribution is -0.00301. The van der Waals surface area contributed by atoms with Gasteiger partial charge in [0.1, 0.15) is 0 Å². The minimum absolute atomic E-state index is 0.0297. The topological polar surface area (TPSA) is 97.1 Å². The fourth-order valence-electron chi connectivity index (χ4n) is 3.36. The molecule has 0 aliphatic carbocycles. The summed E-state index contributed by atoms with van der Waals surface area (Å²) in [5.41, 5.74) is 4.30.